The fourth-order valence-electron chi connectivity index (χ4n) is 4.27. The van der Waals surface area contributed by atoms with Crippen LogP contribution in [0.3, 0.4) is 0 Å². The molecule has 0 aromatic rings. The zero-order valence-corrected chi connectivity index (χ0v) is 16.8. The fraction of sp³-hybridized carbons (Fsp3) is 0.895. The lowest BCUT2D eigenvalue weighted by Gasteiger charge is -2.56. The molecule has 9 atom stereocenters. The summed E-state index contributed by atoms with van der Waals surface area (Å²) in [5.74, 6) is 0. The molecule has 1 saturated carbocycles. The van der Waals surface area contributed by atoms with Gasteiger partial charge in [-0.1, -0.05) is 26.0 Å². The number of aliphatic hydroxyl groups is 7. The van der Waals surface area contributed by atoms with Crippen LogP contribution in [0, 0.1) is 5.41 Å². The molecule has 2 aliphatic rings. The van der Waals surface area contributed by atoms with Crippen LogP contribution in [0.2, 0.25) is 0 Å². The van der Waals surface area contributed by atoms with Crippen LogP contribution in [0.15, 0.2) is 12.2 Å². The molecule has 0 bridgehead atoms. The summed E-state index contributed by atoms with van der Waals surface area (Å²) in [7, 11) is 0. The minimum Gasteiger partial charge on any atom is -0.394 e. The van der Waals surface area contributed by atoms with E-state index in [4.69, 9.17) is 9.47 Å². The number of rotatable bonds is 5. The average molecular weight is 406 g/mol. The molecule has 2 fully saturated rings. The van der Waals surface area contributed by atoms with E-state index in [1.54, 1.807) is 13.8 Å². The first-order chi connectivity index (χ1) is 12.8. The van der Waals surface area contributed by atoms with Gasteiger partial charge in [-0.2, -0.15) is 0 Å². The molecule has 0 aromatic heterocycles. The zero-order chi connectivity index (χ0) is 21.5. The molecular formula is C19H34O9. The molecule has 7 N–H and O–H groups in total. The predicted molar refractivity (Wildman–Crippen MR) is 98.0 cm³/mol. The minimum absolute atomic E-state index is 0.00784. The van der Waals surface area contributed by atoms with Crippen LogP contribution < -0.4 is 0 Å². The van der Waals surface area contributed by atoms with Gasteiger partial charge in [0.2, 0.25) is 0 Å². The van der Waals surface area contributed by atoms with Gasteiger partial charge in [-0.15, -0.1) is 0 Å². The van der Waals surface area contributed by atoms with Crippen molar-refractivity contribution in [3.63, 3.8) is 0 Å². The molecular weight excluding hydrogens is 372 g/mol. The molecule has 0 unspecified atom stereocenters. The lowest BCUT2D eigenvalue weighted by Crippen LogP contribution is -2.66. The van der Waals surface area contributed by atoms with Gasteiger partial charge in [0.05, 0.1) is 24.4 Å². The number of hydrogen-bond donors (Lipinski definition) is 7. The van der Waals surface area contributed by atoms with Gasteiger partial charge in [-0.3, -0.25) is 0 Å². The highest BCUT2D eigenvalue weighted by Crippen LogP contribution is 2.51. The van der Waals surface area contributed by atoms with Crippen molar-refractivity contribution in [1.29, 1.82) is 0 Å². The van der Waals surface area contributed by atoms with Gasteiger partial charge in [0.25, 0.3) is 0 Å². The molecule has 1 heterocycles. The summed E-state index contributed by atoms with van der Waals surface area (Å²) in [5.41, 5.74) is -4.15. The van der Waals surface area contributed by atoms with E-state index in [-0.39, 0.29) is 12.8 Å². The van der Waals surface area contributed by atoms with E-state index in [2.05, 4.69) is 0 Å². The summed E-state index contributed by atoms with van der Waals surface area (Å²) in [6, 6.07) is 0. The second kappa shape index (κ2) is 8.25. The van der Waals surface area contributed by atoms with Gasteiger partial charge in [0, 0.05) is 11.8 Å². The third-order valence-electron chi connectivity index (χ3n) is 6.01. The van der Waals surface area contributed by atoms with Gasteiger partial charge in [-0.05, 0) is 20.3 Å². The van der Waals surface area contributed by atoms with E-state index in [0.717, 1.165) is 0 Å². The monoisotopic (exact) mass is 406 g/mol. The Morgan fingerprint density at radius 1 is 1.07 bits per heavy atom. The normalized spacial score (nSPS) is 48.0. The molecule has 28 heavy (non-hydrogen) atoms. The van der Waals surface area contributed by atoms with Gasteiger partial charge in [0.1, 0.15) is 30.0 Å². The number of hydrogen-bond acceptors (Lipinski definition) is 9. The topological polar surface area (TPSA) is 160 Å². The SMILES string of the molecule is C[C@H](O)/C=C/[C@@]1(O)C(C)(C)C[C@H](O[C@@H]2O[C@H](CO)[C@@H](O)[C@H](O)[C@H]2O)C[C@@]1(C)O. The summed E-state index contributed by atoms with van der Waals surface area (Å²) in [5, 5.41) is 71.0. The second-order valence-corrected chi connectivity index (χ2v) is 8.89. The highest BCUT2D eigenvalue weighted by Gasteiger charge is 2.59. The number of ether oxygens (including phenoxy) is 2. The van der Waals surface area contributed by atoms with E-state index in [0.29, 0.717) is 0 Å². The molecule has 0 aromatic carbocycles. The van der Waals surface area contributed by atoms with Gasteiger partial charge in [-0.25, -0.2) is 0 Å². The van der Waals surface area contributed by atoms with Crippen LogP contribution in [0.25, 0.3) is 0 Å². The van der Waals surface area contributed by atoms with Gasteiger partial charge < -0.3 is 45.2 Å². The van der Waals surface area contributed by atoms with Crippen molar-refractivity contribution in [3.8, 4) is 0 Å². The fourth-order valence-corrected chi connectivity index (χ4v) is 4.27. The van der Waals surface area contributed by atoms with Crippen molar-refractivity contribution in [2.75, 3.05) is 6.61 Å². The Labute approximate surface area is 164 Å². The van der Waals surface area contributed by atoms with Crippen molar-refractivity contribution < 1.29 is 45.2 Å². The van der Waals surface area contributed by atoms with Crippen molar-refractivity contribution in [2.24, 2.45) is 5.41 Å². The van der Waals surface area contributed by atoms with Crippen LogP contribution in [0.1, 0.15) is 40.5 Å². The van der Waals surface area contributed by atoms with E-state index in [9.17, 15) is 35.7 Å². The molecule has 1 aliphatic carbocycles. The Balaban J connectivity index is 2.20. The molecule has 164 valence electrons. The molecule has 9 heteroatoms. The molecule has 9 nitrogen and oxygen atoms in total. The smallest absolute Gasteiger partial charge is 0.186 e. The van der Waals surface area contributed by atoms with Crippen molar-refractivity contribution in [2.45, 2.75) is 94.7 Å². The third kappa shape index (κ3) is 4.28. The first kappa shape index (κ1) is 23.7. The van der Waals surface area contributed by atoms with E-state index >= 15 is 0 Å². The Hall–Kier alpha value is -0.620. The van der Waals surface area contributed by atoms with Gasteiger partial charge >= 0.3 is 0 Å². The molecule has 0 radical (unpaired) electrons. The Bertz CT molecular complexity index is 540. The molecule has 1 saturated heterocycles. The molecule has 1 aliphatic heterocycles. The number of aliphatic hydroxyl groups excluding tert-OH is 5. The van der Waals surface area contributed by atoms with Crippen LogP contribution in [-0.2, 0) is 9.47 Å². The molecule has 0 amide bonds. The highest BCUT2D eigenvalue weighted by molar-refractivity contribution is 5.21. The van der Waals surface area contributed by atoms with E-state index < -0.39 is 66.1 Å². The van der Waals surface area contributed by atoms with Crippen molar-refractivity contribution in [1.82, 2.24) is 0 Å². The summed E-state index contributed by atoms with van der Waals surface area (Å²) >= 11 is 0. The zero-order valence-electron chi connectivity index (χ0n) is 16.8. The third-order valence-corrected chi connectivity index (χ3v) is 6.01. The van der Waals surface area contributed by atoms with Crippen LogP contribution in [0.5, 0.6) is 0 Å². The van der Waals surface area contributed by atoms with Crippen LogP contribution in [0.4, 0.5) is 0 Å². The predicted octanol–water partition coefficient (Wildman–Crippen LogP) is -1.59. The molecule has 2 rings (SSSR count). The summed E-state index contributed by atoms with van der Waals surface area (Å²) < 4.78 is 11.2. The quantitative estimate of drug-likeness (QED) is 0.267. The maximum atomic E-state index is 11.2. The average Bonchev–Trinajstić information content (AvgIpc) is 2.57. The van der Waals surface area contributed by atoms with E-state index in [1.807, 2.05) is 0 Å². The molecule has 0 spiro atoms. The maximum Gasteiger partial charge on any atom is 0.186 e. The summed E-state index contributed by atoms with van der Waals surface area (Å²) in [4.78, 5) is 0. The minimum atomic E-state index is -1.65. The van der Waals surface area contributed by atoms with Crippen molar-refractivity contribution >= 4 is 0 Å². The Kier molecular flexibility index (Phi) is 6.97. The second-order valence-electron chi connectivity index (χ2n) is 8.89. The van der Waals surface area contributed by atoms with Crippen LogP contribution >= 0.6 is 0 Å². The largest absolute Gasteiger partial charge is 0.394 e. The van der Waals surface area contributed by atoms with Crippen molar-refractivity contribution in [3.05, 3.63) is 12.2 Å². The highest BCUT2D eigenvalue weighted by atomic mass is 16.7. The first-order valence-corrected chi connectivity index (χ1v) is 9.54. The standard InChI is InChI=1S/C19H34O9/c1-10(21)5-6-19(26)17(2,3)7-11(8-18(19,4)25)27-16-15(24)14(23)13(22)12(9-20)28-16/h5-6,10-16,20-26H,7-9H2,1-4H3/b6-5+/t10-,11-,12+,13+,14-,15+,16+,18+,19+/m0/s1. The van der Waals surface area contributed by atoms with Gasteiger partial charge in [0.15, 0.2) is 6.29 Å². The first-order valence-electron chi connectivity index (χ1n) is 9.54. The summed E-state index contributed by atoms with van der Waals surface area (Å²) in [6.45, 7) is 5.93. The maximum absolute atomic E-state index is 11.2. The van der Waals surface area contributed by atoms with E-state index in [1.165, 1.54) is 26.0 Å². The summed E-state index contributed by atoms with van der Waals surface area (Å²) in [6.07, 6.45) is -5.34. The Morgan fingerprint density at radius 2 is 1.68 bits per heavy atom. The van der Waals surface area contributed by atoms with Crippen LogP contribution in [-0.4, -0.2) is 96.5 Å². The lowest BCUT2D eigenvalue weighted by molar-refractivity contribution is -0.326. The Morgan fingerprint density at radius 3 is 2.18 bits per heavy atom. The lowest BCUT2D eigenvalue weighted by atomic mass is 9.57.